The summed E-state index contributed by atoms with van der Waals surface area (Å²) < 4.78 is 1.51. The number of hydrogen-bond acceptors (Lipinski definition) is 4. The third-order valence-corrected chi connectivity index (χ3v) is 5.72. The summed E-state index contributed by atoms with van der Waals surface area (Å²) in [7, 11) is 0. The molecule has 2 heterocycles. The van der Waals surface area contributed by atoms with Gasteiger partial charge in [-0.3, -0.25) is 14.2 Å². The number of anilines is 1. The summed E-state index contributed by atoms with van der Waals surface area (Å²) in [5, 5.41) is 3.42. The molecule has 0 saturated carbocycles. The molecule has 138 valence electrons. The lowest BCUT2D eigenvalue weighted by atomic mass is 10.1. The Balaban J connectivity index is 2.09. The first kappa shape index (κ1) is 18.9. The normalized spacial score (nSPS) is 10.8. The molecule has 0 radical (unpaired) electrons. The first-order valence-electron chi connectivity index (χ1n) is 8.72. The van der Waals surface area contributed by atoms with Gasteiger partial charge in [0.2, 0.25) is 0 Å². The van der Waals surface area contributed by atoms with E-state index in [-0.39, 0.29) is 18.0 Å². The van der Waals surface area contributed by atoms with Crippen LogP contribution < -0.4 is 10.9 Å². The highest BCUT2D eigenvalue weighted by molar-refractivity contribution is 7.20. The highest BCUT2D eigenvalue weighted by atomic mass is 32.1. The van der Waals surface area contributed by atoms with Gasteiger partial charge in [0.1, 0.15) is 10.7 Å². The van der Waals surface area contributed by atoms with Gasteiger partial charge in [0, 0.05) is 12.1 Å². The van der Waals surface area contributed by atoms with Crippen LogP contribution >= 0.6 is 11.3 Å². The Morgan fingerprint density at radius 3 is 2.70 bits per heavy atom. The quantitative estimate of drug-likeness (QED) is 0.701. The number of aromatic nitrogens is 2. The summed E-state index contributed by atoms with van der Waals surface area (Å²) in [6.45, 7) is 7.84. The van der Waals surface area contributed by atoms with Gasteiger partial charge in [0.05, 0.1) is 16.8 Å². The van der Waals surface area contributed by atoms with Gasteiger partial charge >= 0.3 is 0 Å². The number of hydrogen-bond donors (Lipinski definition) is 1. The Kier molecular flexibility index (Phi) is 5.15. The van der Waals surface area contributed by atoms with E-state index in [2.05, 4.69) is 16.2 Å². The molecule has 3 aromatic rings. The minimum absolute atomic E-state index is 0.171. The molecule has 5 nitrogen and oxygen atoms in total. The van der Waals surface area contributed by atoms with Crippen molar-refractivity contribution in [3.63, 3.8) is 0 Å². The number of aryl methyl sites for hydroxylation is 4. The molecule has 1 aromatic carbocycles. The number of carbonyl (C=O) groups is 1. The van der Waals surface area contributed by atoms with Crippen molar-refractivity contribution < 1.29 is 4.79 Å². The van der Waals surface area contributed by atoms with Crippen LogP contribution in [0.5, 0.6) is 0 Å². The fourth-order valence-electron chi connectivity index (χ4n) is 3.13. The van der Waals surface area contributed by atoms with Gasteiger partial charge < -0.3 is 5.32 Å². The van der Waals surface area contributed by atoms with Crippen LogP contribution in [0.15, 0.2) is 23.0 Å². The van der Waals surface area contributed by atoms with E-state index in [1.165, 1.54) is 15.9 Å². The summed E-state index contributed by atoms with van der Waals surface area (Å²) in [5.74, 6) is 2.90. The van der Waals surface area contributed by atoms with Crippen molar-refractivity contribution >= 4 is 33.1 Å². The van der Waals surface area contributed by atoms with Crippen LogP contribution in [0.4, 0.5) is 5.69 Å². The standard InChI is InChI=1S/C21H21N3O2S/c1-6-10-24-16(7-2)23-20-17(21(24)26)14(5)18(27-20)19(25)22-15-9-8-12(3)11-13(15)4/h1,8-9,11H,7,10H2,2-5H3,(H,22,25). The molecular formula is C21H21N3O2S. The molecule has 0 atom stereocenters. The van der Waals surface area contributed by atoms with Crippen molar-refractivity contribution in [3.05, 3.63) is 55.9 Å². The van der Waals surface area contributed by atoms with Crippen LogP contribution in [0.2, 0.25) is 0 Å². The summed E-state index contributed by atoms with van der Waals surface area (Å²) in [6.07, 6.45) is 5.99. The molecule has 0 aliphatic rings. The number of carbonyl (C=O) groups excluding carboxylic acids is 1. The number of fused-ring (bicyclic) bond motifs is 1. The molecule has 0 aliphatic heterocycles. The van der Waals surface area contributed by atoms with Gasteiger partial charge in [-0.25, -0.2) is 4.98 Å². The molecule has 27 heavy (non-hydrogen) atoms. The summed E-state index contributed by atoms with van der Waals surface area (Å²) in [5.41, 5.74) is 3.34. The first-order valence-corrected chi connectivity index (χ1v) is 9.53. The number of thiophene rings is 1. The minimum Gasteiger partial charge on any atom is -0.321 e. The van der Waals surface area contributed by atoms with Crippen molar-refractivity contribution in [1.29, 1.82) is 0 Å². The molecule has 0 saturated heterocycles. The second kappa shape index (κ2) is 7.37. The maximum Gasteiger partial charge on any atom is 0.266 e. The topological polar surface area (TPSA) is 64.0 Å². The van der Waals surface area contributed by atoms with E-state index in [1.54, 1.807) is 6.92 Å². The van der Waals surface area contributed by atoms with E-state index in [4.69, 9.17) is 6.42 Å². The molecule has 6 heteroatoms. The monoisotopic (exact) mass is 379 g/mol. The molecule has 0 aliphatic carbocycles. The molecule has 0 spiro atoms. The third kappa shape index (κ3) is 3.38. The molecule has 0 fully saturated rings. The smallest absolute Gasteiger partial charge is 0.266 e. The van der Waals surface area contributed by atoms with Crippen molar-refractivity contribution in [2.24, 2.45) is 0 Å². The largest absolute Gasteiger partial charge is 0.321 e. The van der Waals surface area contributed by atoms with E-state index in [9.17, 15) is 9.59 Å². The van der Waals surface area contributed by atoms with Crippen molar-refractivity contribution in [1.82, 2.24) is 9.55 Å². The lowest BCUT2D eigenvalue weighted by Gasteiger charge is -2.09. The summed E-state index contributed by atoms with van der Waals surface area (Å²) in [4.78, 5) is 31.4. The molecule has 2 aromatic heterocycles. The number of amides is 1. The van der Waals surface area contributed by atoms with E-state index in [0.717, 1.165) is 16.8 Å². The van der Waals surface area contributed by atoms with Gasteiger partial charge in [-0.05, 0) is 38.0 Å². The van der Waals surface area contributed by atoms with Gasteiger partial charge in [0.25, 0.3) is 11.5 Å². The Hall–Kier alpha value is -2.91. The Morgan fingerprint density at radius 1 is 1.33 bits per heavy atom. The zero-order valence-corrected chi connectivity index (χ0v) is 16.7. The Bertz CT molecular complexity index is 1150. The van der Waals surface area contributed by atoms with Crippen molar-refractivity contribution in [2.75, 3.05) is 5.32 Å². The van der Waals surface area contributed by atoms with E-state index < -0.39 is 0 Å². The first-order chi connectivity index (χ1) is 12.9. The lowest BCUT2D eigenvalue weighted by Crippen LogP contribution is -2.24. The lowest BCUT2D eigenvalue weighted by molar-refractivity contribution is 0.103. The van der Waals surface area contributed by atoms with Crippen molar-refractivity contribution in [3.8, 4) is 12.3 Å². The average molecular weight is 379 g/mol. The number of nitrogens with zero attached hydrogens (tertiary/aromatic N) is 2. The van der Waals surface area contributed by atoms with Crippen LogP contribution in [0, 0.1) is 33.1 Å². The van der Waals surface area contributed by atoms with E-state index >= 15 is 0 Å². The second-order valence-electron chi connectivity index (χ2n) is 6.49. The van der Waals surface area contributed by atoms with Crippen LogP contribution in [0.1, 0.15) is 39.1 Å². The van der Waals surface area contributed by atoms with Gasteiger partial charge in [-0.1, -0.05) is 30.5 Å². The number of nitrogens with one attached hydrogen (secondary N) is 1. The Labute approximate surface area is 162 Å². The summed E-state index contributed by atoms with van der Waals surface area (Å²) >= 11 is 1.24. The van der Waals surface area contributed by atoms with Crippen molar-refractivity contribution in [2.45, 2.75) is 40.7 Å². The zero-order valence-electron chi connectivity index (χ0n) is 15.8. The molecule has 1 N–H and O–H groups in total. The van der Waals surface area contributed by atoms with Crippen LogP contribution in [0.3, 0.4) is 0 Å². The second-order valence-corrected chi connectivity index (χ2v) is 7.48. The third-order valence-electron chi connectivity index (χ3n) is 4.53. The molecule has 3 rings (SSSR count). The fourth-order valence-corrected chi connectivity index (χ4v) is 4.22. The highest BCUT2D eigenvalue weighted by Crippen LogP contribution is 2.29. The fraction of sp³-hybridized carbons (Fsp3) is 0.286. The maximum atomic E-state index is 12.9. The van der Waals surface area contributed by atoms with Gasteiger partial charge in [-0.15, -0.1) is 17.8 Å². The minimum atomic E-state index is -0.233. The molecule has 1 amide bonds. The van der Waals surface area contributed by atoms with E-state index in [1.807, 2.05) is 39.0 Å². The average Bonchev–Trinajstić information content (AvgIpc) is 2.96. The molecule has 0 bridgehead atoms. The number of benzene rings is 1. The molecule has 0 unspecified atom stereocenters. The summed E-state index contributed by atoms with van der Waals surface area (Å²) in [6, 6.07) is 5.85. The van der Waals surface area contributed by atoms with Crippen LogP contribution in [-0.2, 0) is 13.0 Å². The van der Waals surface area contributed by atoms with Gasteiger partial charge in [0.15, 0.2) is 0 Å². The zero-order chi connectivity index (χ0) is 19.7. The van der Waals surface area contributed by atoms with E-state index in [0.29, 0.717) is 32.9 Å². The van der Waals surface area contributed by atoms with Crippen LogP contribution in [0.25, 0.3) is 10.2 Å². The predicted octanol–water partition coefficient (Wildman–Crippen LogP) is 3.83. The Morgan fingerprint density at radius 2 is 2.07 bits per heavy atom. The van der Waals surface area contributed by atoms with Gasteiger partial charge in [-0.2, -0.15) is 0 Å². The number of terminal acetylenes is 1. The highest BCUT2D eigenvalue weighted by Gasteiger charge is 2.21. The molecular weight excluding hydrogens is 358 g/mol. The SMILES string of the molecule is C#CCn1c(CC)nc2sc(C(=O)Nc3ccc(C)cc3C)c(C)c2c1=O. The predicted molar refractivity (Wildman–Crippen MR) is 111 cm³/mol. The van der Waals surface area contributed by atoms with Crippen LogP contribution in [-0.4, -0.2) is 15.5 Å². The maximum absolute atomic E-state index is 12.9. The number of rotatable bonds is 4.